The molecule has 0 spiro atoms. The molecule has 1 N–H and O–H groups in total. The molecule has 6 nitrogen and oxygen atoms in total. The summed E-state index contributed by atoms with van der Waals surface area (Å²) in [5.41, 5.74) is -1.29. The van der Waals surface area contributed by atoms with Gasteiger partial charge in [-0.15, -0.1) is 0 Å². The van der Waals surface area contributed by atoms with Gasteiger partial charge in [-0.05, 0) is 67.6 Å². The van der Waals surface area contributed by atoms with Gasteiger partial charge < -0.3 is 14.6 Å². The Balaban J connectivity index is 1.63. The Morgan fingerprint density at radius 3 is 2.55 bits per heavy atom. The Morgan fingerprint density at radius 2 is 1.88 bits per heavy atom. The highest BCUT2D eigenvalue weighted by atomic mass is 16.5. The fourth-order valence-electron chi connectivity index (χ4n) is 8.97. The van der Waals surface area contributed by atoms with Crippen molar-refractivity contribution in [1.82, 2.24) is 0 Å². The van der Waals surface area contributed by atoms with Gasteiger partial charge in [0.1, 0.15) is 11.9 Å². The number of ketones is 1. The lowest BCUT2D eigenvalue weighted by Crippen LogP contribution is -2.66. The van der Waals surface area contributed by atoms with E-state index in [2.05, 4.69) is 20.8 Å². The Bertz CT molecular complexity index is 808. The molecular formula is C27H42O6. The summed E-state index contributed by atoms with van der Waals surface area (Å²) in [6, 6.07) is 0. The first-order chi connectivity index (χ1) is 15.4. The summed E-state index contributed by atoms with van der Waals surface area (Å²) >= 11 is 0. The van der Waals surface area contributed by atoms with Crippen LogP contribution in [0, 0.1) is 40.4 Å². The van der Waals surface area contributed by atoms with Gasteiger partial charge in [0.25, 0.3) is 0 Å². The zero-order valence-electron chi connectivity index (χ0n) is 21.0. The minimum Gasteiger partial charge on any atom is -0.469 e. The first-order valence-corrected chi connectivity index (χ1v) is 12.9. The van der Waals surface area contributed by atoms with Crippen molar-refractivity contribution >= 4 is 17.7 Å². The maximum atomic E-state index is 12.3. The Morgan fingerprint density at radius 1 is 1.15 bits per heavy atom. The fourth-order valence-corrected chi connectivity index (χ4v) is 8.97. The average molecular weight is 463 g/mol. The summed E-state index contributed by atoms with van der Waals surface area (Å²) in [6.07, 6.45) is 7.04. The van der Waals surface area contributed by atoms with E-state index >= 15 is 0 Å². The number of hydrogen-bond donors (Lipinski definition) is 1. The second kappa shape index (κ2) is 8.66. The third-order valence-corrected chi connectivity index (χ3v) is 10.7. The van der Waals surface area contributed by atoms with Crippen LogP contribution in [0.5, 0.6) is 0 Å². The number of carbonyl (C=O) groups is 3. The average Bonchev–Trinajstić information content (AvgIpc) is 3.09. The molecule has 0 aromatic heterocycles. The van der Waals surface area contributed by atoms with Crippen molar-refractivity contribution in [2.75, 3.05) is 7.11 Å². The molecule has 4 aliphatic rings. The van der Waals surface area contributed by atoms with E-state index in [1.165, 1.54) is 14.0 Å². The predicted molar refractivity (Wildman–Crippen MR) is 123 cm³/mol. The van der Waals surface area contributed by atoms with Gasteiger partial charge in [-0.25, -0.2) is 0 Å². The molecular weight excluding hydrogens is 420 g/mol. The monoisotopic (exact) mass is 462 g/mol. The van der Waals surface area contributed by atoms with E-state index in [0.717, 1.165) is 38.5 Å². The second-order valence-corrected chi connectivity index (χ2v) is 12.1. The molecule has 0 heterocycles. The van der Waals surface area contributed by atoms with E-state index in [-0.39, 0.29) is 52.9 Å². The van der Waals surface area contributed by atoms with Crippen LogP contribution >= 0.6 is 0 Å². The van der Waals surface area contributed by atoms with Crippen molar-refractivity contribution in [3.05, 3.63) is 0 Å². The molecule has 0 aliphatic heterocycles. The number of fused-ring (bicyclic) bond motifs is 5. The zero-order chi connectivity index (χ0) is 24.2. The van der Waals surface area contributed by atoms with Crippen molar-refractivity contribution in [2.24, 2.45) is 40.4 Å². The summed E-state index contributed by atoms with van der Waals surface area (Å²) in [7, 11) is 1.44. The number of ether oxygens (including phenoxy) is 2. The van der Waals surface area contributed by atoms with Gasteiger partial charge in [-0.2, -0.15) is 0 Å². The maximum Gasteiger partial charge on any atom is 0.305 e. The van der Waals surface area contributed by atoms with Crippen LogP contribution in [0.25, 0.3) is 0 Å². The highest BCUT2D eigenvalue weighted by Crippen LogP contribution is 2.69. The van der Waals surface area contributed by atoms with Crippen LogP contribution in [0.2, 0.25) is 0 Å². The molecule has 9 atom stereocenters. The molecule has 0 bridgehead atoms. The van der Waals surface area contributed by atoms with Crippen LogP contribution in [-0.2, 0) is 23.9 Å². The van der Waals surface area contributed by atoms with Crippen LogP contribution in [0.1, 0.15) is 91.9 Å². The lowest BCUT2D eigenvalue weighted by molar-refractivity contribution is -0.240. The molecule has 0 unspecified atom stereocenters. The number of esters is 2. The van der Waals surface area contributed by atoms with Crippen LogP contribution in [0.15, 0.2) is 0 Å². The van der Waals surface area contributed by atoms with Gasteiger partial charge in [0, 0.05) is 43.9 Å². The molecule has 4 fully saturated rings. The van der Waals surface area contributed by atoms with Gasteiger partial charge in [0.05, 0.1) is 12.7 Å². The van der Waals surface area contributed by atoms with Crippen LogP contribution < -0.4 is 0 Å². The lowest BCUT2D eigenvalue weighted by Gasteiger charge is -2.64. The molecule has 6 heteroatoms. The first-order valence-electron chi connectivity index (χ1n) is 12.9. The Kier molecular flexibility index (Phi) is 6.48. The van der Waals surface area contributed by atoms with E-state index < -0.39 is 5.60 Å². The molecule has 0 saturated heterocycles. The predicted octanol–water partition coefficient (Wildman–Crippen LogP) is 4.46. The zero-order valence-corrected chi connectivity index (χ0v) is 21.0. The minimum atomic E-state index is -1.09. The summed E-state index contributed by atoms with van der Waals surface area (Å²) in [5.74, 6) is 1.49. The standard InChI is InChI=1S/C27H42O6/c1-16(6-9-23(30)32-5)19-7-8-20-24-21(11-12-25(19,20)3)26(4)13-10-18(29)14-27(26,31)15-22(24)33-17(2)28/h16,19-22,24,31H,6-15H2,1-5H3/t16-,19-,20+,21+,22-,24+,25-,26-,27-/m1/s1. The molecule has 0 radical (unpaired) electrons. The maximum absolute atomic E-state index is 12.3. The fraction of sp³-hybridized carbons (Fsp3) is 0.889. The number of methoxy groups -OCH3 is 1. The second-order valence-electron chi connectivity index (χ2n) is 12.1. The first kappa shape index (κ1) is 24.7. The number of Topliss-reactive ketones (excluding diaryl/α,β-unsaturated/α-hetero) is 1. The highest BCUT2D eigenvalue weighted by Gasteiger charge is 2.68. The van der Waals surface area contributed by atoms with Gasteiger partial charge in [-0.3, -0.25) is 14.4 Å². The molecule has 4 aliphatic carbocycles. The van der Waals surface area contributed by atoms with Crippen LogP contribution in [0.3, 0.4) is 0 Å². The number of aliphatic hydroxyl groups is 1. The van der Waals surface area contributed by atoms with E-state index in [1.54, 1.807) is 0 Å². The smallest absolute Gasteiger partial charge is 0.305 e. The van der Waals surface area contributed by atoms with Crippen LogP contribution in [0.4, 0.5) is 0 Å². The highest BCUT2D eigenvalue weighted by molar-refractivity contribution is 5.81. The minimum absolute atomic E-state index is 0.121. The summed E-state index contributed by atoms with van der Waals surface area (Å²) in [4.78, 5) is 36.2. The Hall–Kier alpha value is -1.43. The molecule has 186 valence electrons. The SMILES string of the molecule is COC(=O)CC[C@@H](C)[C@H]1CC[C@H]2[C@@H]3[C@H](OC(C)=O)C[C@]4(O)CC(=O)CC[C@]4(C)[C@H]3CC[C@]12C. The van der Waals surface area contributed by atoms with E-state index in [9.17, 15) is 19.5 Å². The topological polar surface area (TPSA) is 89.9 Å². The van der Waals surface area contributed by atoms with Crippen LogP contribution in [-0.4, -0.2) is 41.6 Å². The molecule has 4 saturated carbocycles. The number of carbonyl (C=O) groups excluding carboxylic acids is 3. The largest absolute Gasteiger partial charge is 0.469 e. The normalized spacial score (nSPS) is 45.4. The van der Waals surface area contributed by atoms with Crippen molar-refractivity contribution in [1.29, 1.82) is 0 Å². The van der Waals surface area contributed by atoms with E-state index in [0.29, 0.717) is 37.0 Å². The summed E-state index contributed by atoms with van der Waals surface area (Å²) < 4.78 is 10.8. The van der Waals surface area contributed by atoms with Crippen molar-refractivity contribution in [3.63, 3.8) is 0 Å². The third-order valence-electron chi connectivity index (χ3n) is 10.7. The molecule has 33 heavy (non-hydrogen) atoms. The van der Waals surface area contributed by atoms with Gasteiger partial charge in [0.15, 0.2) is 0 Å². The Labute approximate surface area is 198 Å². The lowest BCUT2D eigenvalue weighted by atomic mass is 9.42. The molecule has 0 amide bonds. The van der Waals surface area contributed by atoms with Gasteiger partial charge in [0.2, 0.25) is 0 Å². The van der Waals surface area contributed by atoms with E-state index in [4.69, 9.17) is 9.47 Å². The summed E-state index contributed by atoms with van der Waals surface area (Å²) in [5, 5.41) is 11.8. The van der Waals surface area contributed by atoms with Gasteiger partial charge in [-0.1, -0.05) is 20.8 Å². The molecule has 4 rings (SSSR count). The van der Waals surface area contributed by atoms with Gasteiger partial charge >= 0.3 is 11.9 Å². The van der Waals surface area contributed by atoms with Crippen molar-refractivity contribution in [2.45, 2.75) is 104 Å². The number of rotatable bonds is 5. The molecule has 0 aromatic rings. The summed E-state index contributed by atoms with van der Waals surface area (Å²) in [6.45, 7) is 8.32. The molecule has 0 aromatic carbocycles. The van der Waals surface area contributed by atoms with Crippen molar-refractivity contribution in [3.8, 4) is 0 Å². The van der Waals surface area contributed by atoms with Crippen molar-refractivity contribution < 1.29 is 29.0 Å². The third kappa shape index (κ3) is 3.94. The quantitative estimate of drug-likeness (QED) is 0.607. The van der Waals surface area contributed by atoms with E-state index in [1.807, 2.05) is 0 Å². The number of hydrogen-bond acceptors (Lipinski definition) is 6.